The van der Waals surface area contributed by atoms with Crippen molar-refractivity contribution in [2.75, 3.05) is 32.7 Å². The van der Waals surface area contributed by atoms with E-state index >= 15 is 0 Å². The summed E-state index contributed by atoms with van der Waals surface area (Å²) in [5, 5.41) is 2.99. The number of likely N-dealkylation sites (tertiary alicyclic amines) is 1. The topological polar surface area (TPSA) is 113 Å². The summed E-state index contributed by atoms with van der Waals surface area (Å²) in [5.41, 5.74) is 5.65. The van der Waals surface area contributed by atoms with Crippen LogP contribution in [0.25, 0.3) is 0 Å². The largest absolute Gasteiger partial charge is 0.369 e. The van der Waals surface area contributed by atoms with E-state index in [0.717, 1.165) is 32.1 Å². The average molecular weight is 409 g/mol. The second kappa shape index (κ2) is 9.02. The number of hydrogen-bond donors (Lipinski definition) is 2. The molecule has 1 aromatic rings. The number of nitrogens with two attached hydrogens (primary N) is 1. The summed E-state index contributed by atoms with van der Waals surface area (Å²) in [6.07, 6.45) is 4.34. The van der Waals surface area contributed by atoms with Crippen LogP contribution in [-0.4, -0.2) is 68.2 Å². The number of sulfonamides is 1. The number of benzene rings is 1. The van der Waals surface area contributed by atoms with Crippen molar-refractivity contribution in [3.63, 3.8) is 0 Å². The molecule has 2 fully saturated rings. The van der Waals surface area contributed by atoms with Crippen LogP contribution in [0.3, 0.4) is 0 Å². The zero-order valence-electron chi connectivity index (χ0n) is 16.0. The smallest absolute Gasteiger partial charge is 0.251 e. The standard InChI is InChI=1S/C19H28N4O4S/c20-18(24)14-22-12-8-16(9-13-22)21-19(25)15-4-6-17(7-5-15)28(26,27)23-10-2-1-3-11-23/h4-7,16H,1-3,8-14H2,(H2,20,24)(H,21,25). The molecule has 3 rings (SSSR count). The van der Waals surface area contributed by atoms with Gasteiger partial charge >= 0.3 is 0 Å². The molecule has 28 heavy (non-hydrogen) atoms. The number of carbonyl (C=O) groups is 2. The molecular formula is C19H28N4O4S. The molecule has 0 aromatic heterocycles. The van der Waals surface area contributed by atoms with E-state index in [1.54, 1.807) is 12.1 Å². The molecule has 2 aliphatic rings. The minimum Gasteiger partial charge on any atom is -0.369 e. The number of piperidine rings is 2. The minimum absolute atomic E-state index is 0.0355. The third-order valence-corrected chi connectivity index (χ3v) is 7.28. The first-order valence-corrected chi connectivity index (χ1v) is 11.2. The van der Waals surface area contributed by atoms with Gasteiger partial charge in [-0.05, 0) is 49.9 Å². The first-order chi connectivity index (χ1) is 13.4. The molecule has 2 aliphatic heterocycles. The number of amides is 2. The fourth-order valence-electron chi connectivity index (χ4n) is 3.76. The van der Waals surface area contributed by atoms with Gasteiger partial charge in [0.15, 0.2) is 0 Å². The Bertz CT molecular complexity index is 796. The molecule has 0 spiro atoms. The maximum absolute atomic E-state index is 12.7. The molecule has 2 saturated heterocycles. The number of carbonyl (C=O) groups excluding carboxylic acids is 2. The third kappa shape index (κ3) is 5.09. The lowest BCUT2D eigenvalue weighted by Gasteiger charge is -2.31. The van der Waals surface area contributed by atoms with E-state index in [4.69, 9.17) is 5.73 Å². The van der Waals surface area contributed by atoms with Crippen molar-refractivity contribution in [3.05, 3.63) is 29.8 Å². The maximum atomic E-state index is 12.7. The summed E-state index contributed by atoms with van der Waals surface area (Å²) in [6.45, 7) is 2.77. The number of nitrogens with zero attached hydrogens (tertiary/aromatic N) is 2. The van der Waals surface area contributed by atoms with Gasteiger partial charge in [-0.3, -0.25) is 14.5 Å². The molecule has 3 N–H and O–H groups in total. The molecule has 2 heterocycles. The van der Waals surface area contributed by atoms with Crippen molar-refractivity contribution in [1.82, 2.24) is 14.5 Å². The second-order valence-electron chi connectivity index (χ2n) is 7.48. The molecule has 9 heteroatoms. The van der Waals surface area contributed by atoms with Crippen molar-refractivity contribution in [2.45, 2.75) is 43.0 Å². The Morgan fingerprint density at radius 1 is 1.00 bits per heavy atom. The van der Waals surface area contributed by atoms with Gasteiger partial charge in [-0.15, -0.1) is 0 Å². The summed E-state index contributed by atoms with van der Waals surface area (Å²) in [7, 11) is -3.49. The van der Waals surface area contributed by atoms with E-state index in [1.165, 1.54) is 16.4 Å². The van der Waals surface area contributed by atoms with Crippen LogP contribution in [0.1, 0.15) is 42.5 Å². The first-order valence-electron chi connectivity index (χ1n) is 9.78. The zero-order chi connectivity index (χ0) is 20.1. The molecule has 0 aliphatic carbocycles. The quantitative estimate of drug-likeness (QED) is 0.713. The van der Waals surface area contributed by atoms with Crippen LogP contribution < -0.4 is 11.1 Å². The van der Waals surface area contributed by atoms with E-state index in [0.29, 0.717) is 31.7 Å². The van der Waals surface area contributed by atoms with E-state index in [1.807, 2.05) is 4.90 Å². The zero-order valence-corrected chi connectivity index (χ0v) is 16.8. The number of nitrogens with one attached hydrogen (secondary N) is 1. The molecule has 154 valence electrons. The van der Waals surface area contributed by atoms with Gasteiger partial charge in [-0.1, -0.05) is 6.42 Å². The highest BCUT2D eigenvalue weighted by molar-refractivity contribution is 7.89. The Labute approximate surface area is 166 Å². The Kier molecular flexibility index (Phi) is 6.69. The Morgan fingerprint density at radius 2 is 1.61 bits per heavy atom. The molecule has 0 saturated carbocycles. The molecule has 0 bridgehead atoms. The molecule has 1 aromatic carbocycles. The SMILES string of the molecule is NC(=O)CN1CCC(NC(=O)c2ccc(S(=O)(=O)N3CCCCC3)cc2)CC1. The molecular weight excluding hydrogens is 380 g/mol. The lowest BCUT2D eigenvalue weighted by molar-refractivity contribution is -0.119. The predicted octanol–water partition coefficient (Wildman–Crippen LogP) is 0.541. The van der Waals surface area contributed by atoms with Crippen LogP contribution in [0.5, 0.6) is 0 Å². The average Bonchev–Trinajstić information content (AvgIpc) is 2.70. The molecule has 0 atom stereocenters. The van der Waals surface area contributed by atoms with Gasteiger partial charge in [0, 0.05) is 37.8 Å². The normalized spacial score (nSPS) is 20.0. The highest BCUT2D eigenvalue weighted by Gasteiger charge is 2.26. The van der Waals surface area contributed by atoms with Gasteiger partial charge in [-0.25, -0.2) is 8.42 Å². The molecule has 0 radical (unpaired) electrons. The van der Waals surface area contributed by atoms with Crippen molar-refractivity contribution in [2.24, 2.45) is 5.73 Å². The Morgan fingerprint density at radius 3 is 2.18 bits per heavy atom. The van der Waals surface area contributed by atoms with E-state index in [2.05, 4.69) is 5.32 Å². The van der Waals surface area contributed by atoms with Crippen molar-refractivity contribution in [1.29, 1.82) is 0 Å². The lowest BCUT2D eigenvalue weighted by Crippen LogP contribution is -2.46. The monoisotopic (exact) mass is 408 g/mol. The highest BCUT2D eigenvalue weighted by atomic mass is 32.2. The van der Waals surface area contributed by atoms with Crippen molar-refractivity contribution >= 4 is 21.8 Å². The van der Waals surface area contributed by atoms with Gasteiger partial charge in [0.05, 0.1) is 11.4 Å². The number of hydrogen-bond acceptors (Lipinski definition) is 5. The summed E-state index contributed by atoms with van der Waals surface area (Å²) in [4.78, 5) is 25.7. The van der Waals surface area contributed by atoms with E-state index in [-0.39, 0.29) is 29.3 Å². The summed E-state index contributed by atoms with van der Waals surface area (Å²) < 4.78 is 26.9. The summed E-state index contributed by atoms with van der Waals surface area (Å²) in [6, 6.07) is 6.18. The lowest BCUT2D eigenvalue weighted by atomic mass is 10.0. The Balaban J connectivity index is 1.56. The first kappa shape index (κ1) is 20.8. The van der Waals surface area contributed by atoms with Gasteiger partial charge < -0.3 is 11.1 Å². The van der Waals surface area contributed by atoms with Crippen molar-refractivity contribution < 1.29 is 18.0 Å². The van der Waals surface area contributed by atoms with Crippen LogP contribution >= 0.6 is 0 Å². The van der Waals surface area contributed by atoms with Crippen LogP contribution in [0.2, 0.25) is 0 Å². The minimum atomic E-state index is -3.49. The highest BCUT2D eigenvalue weighted by Crippen LogP contribution is 2.21. The number of primary amides is 1. The fourth-order valence-corrected chi connectivity index (χ4v) is 5.27. The molecule has 2 amide bonds. The molecule has 0 unspecified atom stereocenters. The summed E-state index contributed by atoms with van der Waals surface area (Å²) >= 11 is 0. The van der Waals surface area contributed by atoms with E-state index < -0.39 is 10.0 Å². The maximum Gasteiger partial charge on any atom is 0.251 e. The Hall–Kier alpha value is -1.97. The number of rotatable bonds is 6. The predicted molar refractivity (Wildman–Crippen MR) is 105 cm³/mol. The van der Waals surface area contributed by atoms with Gasteiger partial charge in [-0.2, -0.15) is 4.31 Å². The van der Waals surface area contributed by atoms with Crippen LogP contribution in [-0.2, 0) is 14.8 Å². The van der Waals surface area contributed by atoms with Crippen molar-refractivity contribution in [3.8, 4) is 0 Å². The molecule has 8 nitrogen and oxygen atoms in total. The van der Waals surface area contributed by atoms with Gasteiger partial charge in [0.2, 0.25) is 15.9 Å². The van der Waals surface area contributed by atoms with Crippen LogP contribution in [0.15, 0.2) is 29.2 Å². The van der Waals surface area contributed by atoms with Gasteiger partial charge in [0.25, 0.3) is 5.91 Å². The fraction of sp³-hybridized carbons (Fsp3) is 0.579. The second-order valence-corrected chi connectivity index (χ2v) is 9.42. The van der Waals surface area contributed by atoms with Gasteiger partial charge in [0.1, 0.15) is 0 Å². The summed E-state index contributed by atoms with van der Waals surface area (Å²) in [5.74, 6) is -0.558. The third-order valence-electron chi connectivity index (χ3n) is 5.37. The van der Waals surface area contributed by atoms with Crippen LogP contribution in [0, 0.1) is 0 Å². The van der Waals surface area contributed by atoms with E-state index in [9.17, 15) is 18.0 Å². The van der Waals surface area contributed by atoms with Crippen LogP contribution in [0.4, 0.5) is 0 Å².